The van der Waals surface area contributed by atoms with Crippen molar-refractivity contribution in [1.29, 1.82) is 0 Å². The number of ether oxygens (including phenoxy) is 4. The second-order valence-corrected chi connectivity index (χ2v) is 14.8. The molecule has 4 heterocycles. The molecule has 16 heteroatoms. The molecule has 4 fully saturated rings. The predicted molar refractivity (Wildman–Crippen MR) is 169 cm³/mol. The third-order valence-corrected chi connectivity index (χ3v) is 12.5. The molecule has 0 unspecified atom stereocenters. The Morgan fingerprint density at radius 3 is 1.19 bits per heavy atom. The summed E-state index contributed by atoms with van der Waals surface area (Å²) in [5, 5.41) is 0.688. The maximum absolute atomic E-state index is 14.3. The van der Waals surface area contributed by atoms with Crippen LogP contribution in [0.2, 0.25) is 10.0 Å². The van der Waals surface area contributed by atoms with E-state index in [0.29, 0.717) is 10.0 Å². The summed E-state index contributed by atoms with van der Waals surface area (Å²) >= 11 is 11.6. The monoisotopic (exact) mass is 772 g/mol. The fourth-order valence-electron chi connectivity index (χ4n) is 10.1. The minimum absolute atomic E-state index is 0.0419. The van der Waals surface area contributed by atoms with Gasteiger partial charge in [-0.15, -0.1) is 0 Å². The van der Waals surface area contributed by atoms with Gasteiger partial charge in [0.1, 0.15) is 10.8 Å². The van der Waals surface area contributed by atoms with Crippen LogP contribution in [-0.4, -0.2) is 73.5 Å². The number of Topliss-reactive ketones (excluding diaryl/α,β-unsaturated/α-hetero) is 2. The summed E-state index contributed by atoms with van der Waals surface area (Å²) in [5.74, 6) is -7.04. The maximum Gasteiger partial charge on any atom is 0.399 e. The second-order valence-electron chi connectivity index (χ2n) is 13.9. The highest BCUT2D eigenvalue weighted by atomic mass is 35.5. The van der Waals surface area contributed by atoms with Gasteiger partial charge >= 0.3 is 24.3 Å². The number of hydrogen-bond donors (Lipinski definition) is 0. The first-order valence-corrected chi connectivity index (χ1v) is 16.6. The van der Waals surface area contributed by atoms with Crippen molar-refractivity contribution in [1.82, 2.24) is 0 Å². The average molecular weight is 774 g/mol. The SMILES string of the molecule is COC(=O)[C@@H]1[C@@]2(C(F)(F)F)[C@@H]3C=C[C@@](C)(O3)[C@@]12C(=O)c1ccc(Cl)cc1.COC(=O)[C@@H]1[C@@]2(C(F)(F)F)[C@@H]3C=C[C@@](C)(O3)[C@@]12C(=O)c1ccc(Cl)cc1. The van der Waals surface area contributed by atoms with Gasteiger partial charge in [-0.25, -0.2) is 0 Å². The van der Waals surface area contributed by atoms with Crippen LogP contribution in [-0.2, 0) is 28.5 Å². The fraction of sp³-hybridized carbons (Fsp3) is 0.444. The topological polar surface area (TPSA) is 105 Å². The van der Waals surface area contributed by atoms with Crippen molar-refractivity contribution in [3.8, 4) is 0 Å². The van der Waals surface area contributed by atoms with Crippen LogP contribution in [0.25, 0.3) is 0 Å². The quantitative estimate of drug-likeness (QED) is 0.132. The standard InChI is InChI=1S/2C18H14ClF3O4/c2*1-15-8-7-11(26-15)16(18(20,21)22)12(14(24)25-2)17(15,16)13(23)9-3-5-10(19)6-4-9/h2*3-8,11-12H,1-2H3/t2*11-,12+,15+,16-,17-/m00/s1. The van der Waals surface area contributed by atoms with Crippen molar-refractivity contribution in [2.24, 2.45) is 33.5 Å². The number of halogens is 8. The Bertz CT molecular complexity index is 1840. The molecule has 0 amide bonds. The van der Waals surface area contributed by atoms with Gasteiger partial charge in [0.05, 0.1) is 60.3 Å². The Hall–Kier alpha value is -3.72. The van der Waals surface area contributed by atoms with Gasteiger partial charge in [0.25, 0.3) is 0 Å². The number of carbonyl (C=O) groups excluding carboxylic acids is 4. The lowest BCUT2D eigenvalue weighted by atomic mass is 9.71. The second kappa shape index (κ2) is 10.9. The fourth-order valence-corrected chi connectivity index (χ4v) is 10.4. The van der Waals surface area contributed by atoms with E-state index in [4.69, 9.17) is 32.7 Å². The molecule has 4 aliphatic heterocycles. The van der Waals surface area contributed by atoms with Crippen molar-refractivity contribution in [3.05, 3.63) is 94.0 Å². The van der Waals surface area contributed by atoms with E-state index in [2.05, 4.69) is 9.47 Å². The molecule has 2 aliphatic carbocycles. The zero-order valence-corrected chi connectivity index (χ0v) is 29.0. The Balaban J connectivity index is 0.000000162. The normalized spacial score (nSPS) is 39.6. The third-order valence-electron chi connectivity index (χ3n) is 12.0. The zero-order valence-electron chi connectivity index (χ0n) is 27.5. The van der Waals surface area contributed by atoms with Crippen LogP contribution in [0.5, 0.6) is 0 Å². The smallest absolute Gasteiger partial charge is 0.399 e. The molecule has 0 radical (unpaired) electrons. The molecular weight excluding hydrogens is 745 g/mol. The number of esters is 2. The van der Waals surface area contributed by atoms with E-state index in [0.717, 1.165) is 14.2 Å². The summed E-state index contributed by atoms with van der Waals surface area (Å²) in [6.45, 7) is 2.82. The number of ketones is 2. The van der Waals surface area contributed by atoms with Crippen molar-refractivity contribution in [2.45, 2.75) is 49.6 Å². The zero-order chi connectivity index (χ0) is 38.2. The lowest BCUT2D eigenvalue weighted by Gasteiger charge is -2.30. The Morgan fingerprint density at radius 1 is 0.615 bits per heavy atom. The highest BCUT2D eigenvalue weighted by molar-refractivity contribution is 6.31. The van der Waals surface area contributed by atoms with Gasteiger partial charge in [0, 0.05) is 21.2 Å². The van der Waals surface area contributed by atoms with E-state index in [1.54, 1.807) is 0 Å². The average Bonchev–Trinajstić information content (AvgIpc) is 3.73. The Kier molecular flexibility index (Phi) is 7.70. The number of rotatable bonds is 6. The maximum atomic E-state index is 14.3. The molecule has 4 bridgehead atoms. The van der Waals surface area contributed by atoms with Crippen LogP contribution in [0.3, 0.4) is 0 Å². The summed E-state index contributed by atoms with van der Waals surface area (Å²) < 4.78 is 106. The lowest BCUT2D eigenvalue weighted by Crippen LogP contribution is -2.44. The molecule has 2 saturated carbocycles. The van der Waals surface area contributed by atoms with E-state index in [-0.39, 0.29) is 11.1 Å². The summed E-state index contributed by atoms with van der Waals surface area (Å²) in [4.78, 5) is 51.3. The van der Waals surface area contributed by atoms with Crippen LogP contribution >= 0.6 is 23.2 Å². The van der Waals surface area contributed by atoms with Crippen LogP contribution in [0.4, 0.5) is 26.3 Å². The summed E-state index contributed by atoms with van der Waals surface area (Å²) in [6.07, 6.45) is -7.03. The highest BCUT2D eigenvalue weighted by Gasteiger charge is 3.04. The molecule has 8 rings (SSSR count). The van der Waals surface area contributed by atoms with Gasteiger partial charge in [0.15, 0.2) is 11.6 Å². The van der Waals surface area contributed by atoms with Crippen LogP contribution in [0, 0.1) is 33.5 Å². The van der Waals surface area contributed by atoms with E-state index >= 15 is 0 Å². The van der Waals surface area contributed by atoms with Crippen LogP contribution in [0.1, 0.15) is 34.6 Å². The molecule has 2 saturated heterocycles. The molecule has 52 heavy (non-hydrogen) atoms. The molecule has 0 aromatic heterocycles. The van der Waals surface area contributed by atoms with Crippen molar-refractivity contribution < 1.29 is 64.5 Å². The first kappa shape index (κ1) is 36.6. The first-order valence-electron chi connectivity index (χ1n) is 15.8. The third kappa shape index (κ3) is 3.89. The van der Waals surface area contributed by atoms with Crippen molar-refractivity contribution >= 4 is 46.7 Å². The molecule has 2 aromatic carbocycles. The van der Waals surface area contributed by atoms with Crippen molar-refractivity contribution in [2.75, 3.05) is 14.2 Å². The molecule has 10 atom stereocenters. The van der Waals surface area contributed by atoms with Gasteiger partial charge in [-0.05, 0) is 62.4 Å². The number of methoxy groups -OCH3 is 2. The minimum Gasteiger partial charge on any atom is -0.469 e. The largest absolute Gasteiger partial charge is 0.469 e. The van der Waals surface area contributed by atoms with Crippen LogP contribution < -0.4 is 0 Å². The lowest BCUT2D eigenvalue weighted by molar-refractivity contribution is -0.212. The number of hydrogen-bond acceptors (Lipinski definition) is 8. The van der Waals surface area contributed by atoms with Gasteiger partial charge in [-0.2, -0.15) is 26.3 Å². The Labute approximate surface area is 302 Å². The predicted octanol–water partition coefficient (Wildman–Crippen LogP) is 7.18. The highest BCUT2D eigenvalue weighted by Crippen LogP contribution is 2.89. The van der Waals surface area contributed by atoms with Gasteiger partial charge < -0.3 is 18.9 Å². The molecule has 8 nitrogen and oxygen atoms in total. The molecular formula is C36H28Cl2F6O8. The van der Waals surface area contributed by atoms with Crippen molar-refractivity contribution in [3.63, 3.8) is 0 Å². The summed E-state index contributed by atoms with van der Waals surface area (Å²) in [5.41, 5.74) is -12.5. The first-order chi connectivity index (χ1) is 24.2. The van der Waals surface area contributed by atoms with Crippen LogP contribution in [0.15, 0.2) is 72.8 Å². The van der Waals surface area contributed by atoms with E-state index in [1.165, 1.54) is 86.7 Å². The molecule has 276 valence electrons. The van der Waals surface area contributed by atoms with Gasteiger partial charge in [0.2, 0.25) is 0 Å². The summed E-state index contributed by atoms with van der Waals surface area (Å²) in [6, 6.07) is 11.1. The minimum atomic E-state index is -4.83. The Morgan fingerprint density at radius 2 is 0.923 bits per heavy atom. The molecule has 0 spiro atoms. The molecule has 6 aliphatic rings. The van der Waals surface area contributed by atoms with E-state index in [9.17, 15) is 45.5 Å². The molecule has 0 N–H and O–H groups in total. The number of alkyl halides is 6. The molecule has 2 aromatic rings. The number of benzene rings is 2. The van der Waals surface area contributed by atoms with E-state index in [1.807, 2.05) is 0 Å². The summed E-state index contributed by atoms with van der Waals surface area (Å²) in [7, 11) is 2.03. The number of carbonyl (C=O) groups is 4. The van der Waals surface area contributed by atoms with E-state index < -0.39 is 92.8 Å². The number of fused-ring (bicyclic) bond motifs is 10. The van der Waals surface area contributed by atoms with Gasteiger partial charge in [-0.1, -0.05) is 47.5 Å². The van der Waals surface area contributed by atoms with Gasteiger partial charge in [-0.3, -0.25) is 19.2 Å².